The lowest BCUT2D eigenvalue weighted by Gasteiger charge is -2.08. The molecule has 2 aromatic rings. The van der Waals surface area contributed by atoms with Gasteiger partial charge in [0, 0.05) is 28.5 Å². The van der Waals surface area contributed by atoms with Crippen LogP contribution in [0.25, 0.3) is 0 Å². The van der Waals surface area contributed by atoms with Gasteiger partial charge in [-0.1, -0.05) is 23.4 Å². The summed E-state index contributed by atoms with van der Waals surface area (Å²) in [7, 11) is 0. The average Bonchev–Trinajstić information content (AvgIpc) is 2.47. The van der Waals surface area contributed by atoms with Crippen molar-refractivity contribution in [2.24, 2.45) is 0 Å². The fraction of sp³-hybridized carbons (Fsp3) is 0.0667. The fourth-order valence-electron chi connectivity index (χ4n) is 1.56. The Morgan fingerprint density at radius 1 is 1.30 bits per heavy atom. The maximum atomic E-state index is 12.1. The molecular weight excluding hydrogens is 276 g/mol. The molecule has 0 saturated heterocycles. The van der Waals surface area contributed by atoms with Crippen molar-refractivity contribution >= 4 is 23.2 Å². The molecule has 0 spiro atoms. The van der Waals surface area contributed by atoms with E-state index in [1.807, 2.05) is 0 Å². The van der Waals surface area contributed by atoms with Crippen LogP contribution in [0.3, 0.4) is 0 Å². The van der Waals surface area contributed by atoms with Crippen LogP contribution in [0.5, 0.6) is 0 Å². The van der Waals surface area contributed by atoms with Crippen LogP contribution >= 0.6 is 11.6 Å². The summed E-state index contributed by atoms with van der Waals surface area (Å²) in [6, 6.07) is 8.19. The largest absolute Gasteiger partial charge is 0.384 e. The van der Waals surface area contributed by atoms with Crippen LogP contribution in [0, 0.1) is 11.8 Å². The third-order valence-corrected chi connectivity index (χ3v) is 2.71. The van der Waals surface area contributed by atoms with Gasteiger partial charge in [0.25, 0.3) is 5.91 Å². The standard InChI is InChI=1S/C15H11ClN2O2/c16-13-4-3-11(2-1-9-19)14(10-13)18-15(20)12-5-7-17-8-6-12/h3-8,10,19H,9H2,(H,18,20). The first-order chi connectivity index (χ1) is 9.70. The van der Waals surface area contributed by atoms with Crippen molar-refractivity contribution in [3.05, 3.63) is 58.9 Å². The van der Waals surface area contributed by atoms with Gasteiger partial charge in [-0.05, 0) is 30.3 Å². The summed E-state index contributed by atoms with van der Waals surface area (Å²) in [4.78, 5) is 15.9. The molecule has 0 aliphatic rings. The Morgan fingerprint density at radius 3 is 2.75 bits per heavy atom. The molecule has 4 nitrogen and oxygen atoms in total. The van der Waals surface area contributed by atoms with Gasteiger partial charge in [0.05, 0.1) is 5.69 Å². The number of carbonyl (C=O) groups is 1. The summed E-state index contributed by atoms with van der Waals surface area (Å²) in [5.74, 6) is 5.02. The molecule has 1 aromatic carbocycles. The molecular formula is C15H11ClN2O2. The second-order valence-electron chi connectivity index (χ2n) is 3.84. The maximum Gasteiger partial charge on any atom is 0.255 e. The zero-order valence-corrected chi connectivity index (χ0v) is 11.2. The maximum absolute atomic E-state index is 12.1. The third kappa shape index (κ3) is 3.58. The van der Waals surface area contributed by atoms with E-state index in [0.717, 1.165) is 0 Å². The van der Waals surface area contributed by atoms with Gasteiger partial charge in [-0.15, -0.1) is 0 Å². The molecule has 20 heavy (non-hydrogen) atoms. The summed E-state index contributed by atoms with van der Waals surface area (Å²) in [5, 5.41) is 12.0. The predicted molar refractivity (Wildman–Crippen MR) is 77.6 cm³/mol. The second-order valence-corrected chi connectivity index (χ2v) is 4.28. The molecule has 1 aromatic heterocycles. The van der Waals surface area contributed by atoms with Crippen molar-refractivity contribution in [2.75, 3.05) is 11.9 Å². The first-order valence-corrected chi connectivity index (χ1v) is 6.19. The number of rotatable bonds is 2. The zero-order valence-electron chi connectivity index (χ0n) is 10.4. The summed E-state index contributed by atoms with van der Waals surface area (Å²) in [6.07, 6.45) is 3.08. The number of halogens is 1. The molecule has 0 radical (unpaired) electrons. The number of aliphatic hydroxyl groups excluding tert-OH is 1. The van der Waals surface area contributed by atoms with Crippen LogP contribution in [-0.4, -0.2) is 22.6 Å². The van der Waals surface area contributed by atoms with Gasteiger partial charge in [0.15, 0.2) is 0 Å². The molecule has 0 saturated carbocycles. The van der Waals surface area contributed by atoms with Gasteiger partial charge in [-0.3, -0.25) is 9.78 Å². The molecule has 0 bridgehead atoms. The van der Waals surface area contributed by atoms with Gasteiger partial charge < -0.3 is 10.4 Å². The molecule has 0 aliphatic carbocycles. The smallest absolute Gasteiger partial charge is 0.255 e. The predicted octanol–water partition coefficient (Wildman–Crippen LogP) is 2.33. The number of hydrogen-bond acceptors (Lipinski definition) is 3. The number of carbonyl (C=O) groups excluding carboxylic acids is 1. The highest BCUT2D eigenvalue weighted by Gasteiger charge is 2.08. The number of pyridine rings is 1. The molecule has 5 heteroatoms. The third-order valence-electron chi connectivity index (χ3n) is 2.47. The van der Waals surface area contributed by atoms with Crippen molar-refractivity contribution in [3.63, 3.8) is 0 Å². The van der Waals surface area contributed by atoms with Crippen LogP contribution in [0.15, 0.2) is 42.7 Å². The molecule has 1 amide bonds. The number of amides is 1. The van der Waals surface area contributed by atoms with Crippen LogP contribution in [-0.2, 0) is 0 Å². The van der Waals surface area contributed by atoms with E-state index in [1.54, 1.807) is 42.7 Å². The van der Waals surface area contributed by atoms with Crippen LogP contribution in [0.1, 0.15) is 15.9 Å². The number of nitrogens with zero attached hydrogens (tertiary/aromatic N) is 1. The van der Waals surface area contributed by atoms with Crippen molar-refractivity contribution in [1.82, 2.24) is 4.98 Å². The topological polar surface area (TPSA) is 62.2 Å². The Kier molecular flexibility index (Phi) is 4.72. The van der Waals surface area contributed by atoms with Crippen molar-refractivity contribution < 1.29 is 9.90 Å². The van der Waals surface area contributed by atoms with Gasteiger partial charge in [0.2, 0.25) is 0 Å². The van der Waals surface area contributed by atoms with E-state index in [2.05, 4.69) is 22.1 Å². The molecule has 0 unspecified atom stereocenters. The molecule has 2 N–H and O–H groups in total. The number of aliphatic hydroxyl groups is 1. The average molecular weight is 287 g/mol. The lowest BCUT2D eigenvalue weighted by Crippen LogP contribution is -2.12. The lowest BCUT2D eigenvalue weighted by atomic mass is 10.1. The van der Waals surface area contributed by atoms with Crippen LogP contribution in [0.4, 0.5) is 5.69 Å². The van der Waals surface area contributed by atoms with Gasteiger partial charge in [-0.2, -0.15) is 0 Å². The molecule has 2 rings (SSSR count). The minimum atomic E-state index is -0.276. The Morgan fingerprint density at radius 2 is 2.05 bits per heavy atom. The van der Waals surface area contributed by atoms with E-state index in [-0.39, 0.29) is 12.5 Å². The molecule has 0 aliphatic heterocycles. The summed E-state index contributed by atoms with van der Waals surface area (Å²) in [5.41, 5.74) is 1.58. The van der Waals surface area contributed by atoms with E-state index in [0.29, 0.717) is 21.8 Å². The summed E-state index contributed by atoms with van der Waals surface area (Å²) >= 11 is 5.92. The number of hydrogen-bond donors (Lipinski definition) is 2. The van der Waals surface area contributed by atoms with E-state index < -0.39 is 0 Å². The minimum absolute atomic E-state index is 0.250. The normalized spacial score (nSPS) is 9.50. The fourth-order valence-corrected chi connectivity index (χ4v) is 1.73. The van der Waals surface area contributed by atoms with Crippen molar-refractivity contribution in [2.45, 2.75) is 0 Å². The highest BCUT2D eigenvalue weighted by molar-refractivity contribution is 6.31. The van der Waals surface area contributed by atoms with Crippen molar-refractivity contribution in [1.29, 1.82) is 0 Å². The summed E-state index contributed by atoms with van der Waals surface area (Å²) < 4.78 is 0. The van der Waals surface area contributed by atoms with E-state index in [1.165, 1.54) is 0 Å². The number of aromatic nitrogens is 1. The van der Waals surface area contributed by atoms with E-state index in [9.17, 15) is 4.79 Å². The van der Waals surface area contributed by atoms with Gasteiger partial charge in [0.1, 0.15) is 6.61 Å². The summed E-state index contributed by atoms with van der Waals surface area (Å²) in [6.45, 7) is -0.250. The monoisotopic (exact) mass is 286 g/mol. The van der Waals surface area contributed by atoms with Gasteiger partial charge in [-0.25, -0.2) is 0 Å². The minimum Gasteiger partial charge on any atom is -0.384 e. The van der Waals surface area contributed by atoms with Crippen LogP contribution in [0.2, 0.25) is 5.02 Å². The Bertz CT molecular complexity index is 675. The number of nitrogens with one attached hydrogen (secondary N) is 1. The number of benzene rings is 1. The van der Waals surface area contributed by atoms with E-state index >= 15 is 0 Å². The number of anilines is 1. The lowest BCUT2D eigenvalue weighted by molar-refractivity contribution is 0.102. The zero-order chi connectivity index (χ0) is 14.4. The first-order valence-electron chi connectivity index (χ1n) is 5.81. The highest BCUT2D eigenvalue weighted by Crippen LogP contribution is 2.21. The van der Waals surface area contributed by atoms with E-state index in [4.69, 9.17) is 16.7 Å². The molecule has 1 heterocycles. The molecule has 0 fully saturated rings. The quantitative estimate of drug-likeness (QED) is 0.833. The first kappa shape index (κ1) is 14.1. The Hall–Kier alpha value is -2.35. The van der Waals surface area contributed by atoms with Gasteiger partial charge >= 0.3 is 0 Å². The highest BCUT2D eigenvalue weighted by atomic mass is 35.5. The molecule has 100 valence electrons. The second kappa shape index (κ2) is 6.71. The van der Waals surface area contributed by atoms with Crippen molar-refractivity contribution in [3.8, 4) is 11.8 Å². The van der Waals surface area contributed by atoms with Crippen LogP contribution < -0.4 is 5.32 Å². The SMILES string of the molecule is O=C(Nc1cc(Cl)ccc1C#CCO)c1ccncc1. The Labute approximate surface area is 121 Å². The Balaban J connectivity index is 2.28. The molecule has 0 atom stereocenters.